The first-order chi connectivity index (χ1) is 14.3. The van der Waals surface area contributed by atoms with Crippen molar-refractivity contribution in [1.29, 1.82) is 0 Å². The lowest BCUT2D eigenvalue weighted by Gasteiger charge is -2.10. The molecule has 2 rings (SSSR count). The van der Waals surface area contributed by atoms with Gasteiger partial charge in [-0.1, -0.05) is 42.4 Å². The Morgan fingerprint density at radius 3 is 2.37 bits per heavy atom. The fourth-order valence-corrected chi connectivity index (χ4v) is 2.50. The van der Waals surface area contributed by atoms with E-state index < -0.39 is 23.7 Å². The summed E-state index contributed by atoms with van der Waals surface area (Å²) in [4.78, 5) is 35.6. The van der Waals surface area contributed by atoms with E-state index in [9.17, 15) is 14.4 Å². The molecule has 1 amide bonds. The van der Waals surface area contributed by atoms with Crippen LogP contribution in [0.25, 0.3) is 0 Å². The maximum atomic E-state index is 12.4. The van der Waals surface area contributed by atoms with Gasteiger partial charge < -0.3 is 10.1 Å². The number of nitrogens with one attached hydrogen (secondary N) is 1. The molecule has 156 valence electrons. The largest absolute Gasteiger partial charge is 0.462 e. The van der Waals surface area contributed by atoms with E-state index in [1.54, 1.807) is 55.5 Å². The van der Waals surface area contributed by atoms with Gasteiger partial charge in [0.2, 0.25) is 6.04 Å². The first kappa shape index (κ1) is 23.0. The zero-order valence-corrected chi connectivity index (χ0v) is 17.5. The van der Waals surface area contributed by atoms with Gasteiger partial charge in [-0.25, -0.2) is 4.79 Å². The second kappa shape index (κ2) is 11.0. The number of halogens is 1. The summed E-state index contributed by atoms with van der Waals surface area (Å²) in [6, 6.07) is 12.4. The average molecular weight is 428 g/mol. The molecule has 0 aliphatic heterocycles. The third-order valence-corrected chi connectivity index (χ3v) is 4.29. The zero-order chi connectivity index (χ0) is 22.1. The summed E-state index contributed by atoms with van der Waals surface area (Å²) < 4.78 is 5.05. The van der Waals surface area contributed by atoms with Gasteiger partial charge in [0.1, 0.15) is 0 Å². The number of rotatable bonds is 9. The predicted molar refractivity (Wildman–Crippen MR) is 115 cm³/mol. The number of amides is 1. The van der Waals surface area contributed by atoms with E-state index in [0.29, 0.717) is 28.4 Å². The topological polar surface area (TPSA) is 97.2 Å². The highest BCUT2D eigenvalue weighted by atomic mass is 35.5. The normalized spacial score (nSPS) is 11.7. The van der Waals surface area contributed by atoms with Gasteiger partial charge in [-0.15, -0.1) is 0 Å². The predicted octanol–water partition coefficient (Wildman–Crippen LogP) is 4.68. The third-order valence-electron chi connectivity index (χ3n) is 3.96. The number of carbonyl (C=O) groups is 3. The minimum atomic E-state index is -1.29. The van der Waals surface area contributed by atoms with Gasteiger partial charge in [-0.3, -0.25) is 9.59 Å². The molecule has 0 bridgehead atoms. The van der Waals surface area contributed by atoms with E-state index in [1.165, 1.54) is 6.92 Å². The van der Waals surface area contributed by atoms with Gasteiger partial charge in [0.15, 0.2) is 5.78 Å². The monoisotopic (exact) mass is 427 g/mol. The van der Waals surface area contributed by atoms with Crippen LogP contribution in [0.15, 0.2) is 70.9 Å². The van der Waals surface area contributed by atoms with Gasteiger partial charge in [0, 0.05) is 12.0 Å². The van der Waals surface area contributed by atoms with Crippen molar-refractivity contribution in [2.45, 2.75) is 26.3 Å². The van der Waals surface area contributed by atoms with Crippen LogP contribution in [0.2, 0.25) is 5.02 Å². The number of hydrogen-bond acceptors (Lipinski definition) is 6. The molecular weight excluding hydrogens is 406 g/mol. The molecule has 0 aromatic heterocycles. The Balaban J connectivity index is 1.98. The van der Waals surface area contributed by atoms with Crippen molar-refractivity contribution in [2.75, 3.05) is 11.9 Å². The molecule has 30 heavy (non-hydrogen) atoms. The maximum absolute atomic E-state index is 12.4. The van der Waals surface area contributed by atoms with Crippen LogP contribution in [0, 0.1) is 0 Å². The Kier molecular flexibility index (Phi) is 8.43. The Hall–Kier alpha value is -3.32. The smallest absolute Gasteiger partial charge is 0.333 e. The van der Waals surface area contributed by atoms with Crippen molar-refractivity contribution in [3.05, 3.63) is 71.3 Å². The van der Waals surface area contributed by atoms with Crippen LogP contribution in [0.3, 0.4) is 0 Å². The molecule has 1 atom stereocenters. The van der Waals surface area contributed by atoms with Gasteiger partial charge in [0.05, 0.1) is 23.0 Å². The molecule has 0 saturated carbocycles. The lowest BCUT2D eigenvalue weighted by atomic mass is 10.1. The lowest BCUT2D eigenvalue weighted by Crippen LogP contribution is -2.31. The van der Waals surface area contributed by atoms with Crippen molar-refractivity contribution in [2.24, 2.45) is 10.2 Å². The van der Waals surface area contributed by atoms with Crippen LogP contribution in [-0.4, -0.2) is 30.3 Å². The van der Waals surface area contributed by atoms with E-state index >= 15 is 0 Å². The molecule has 7 nitrogen and oxygen atoms in total. The first-order valence-electron chi connectivity index (χ1n) is 9.16. The number of Topliss-reactive ketones (excluding diaryl/α,β-unsaturated/α-hetero) is 1. The summed E-state index contributed by atoms with van der Waals surface area (Å²) in [6.45, 7) is 6.62. The number of azo groups is 1. The molecule has 0 spiro atoms. The highest BCUT2D eigenvalue weighted by Crippen LogP contribution is 2.21. The number of benzene rings is 2. The molecule has 8 heteroatoms. The van der Waals surface area contributed by atoms with E-state index in [1.807, 2.05) is 0 Å². The molecule has 0 aliphatic rings. The summed E-state index contributed by atoms with van der Waals surface area (Å²) >= 11 is 6.02. The minimum absolute atomic E-state index is 0.237. The quantitative estimate of drug-likeness (QED) is 0.272. The molecule has 0 heterocycles. The number of anilines is 1. The zero-order valence-electron chi connectivity index (χ0n) is 16.7. The van der Waals surface area contributed by atoms with Crippen LogP contribution < -0.4 is 5.32 Å². The van der Waals surface area contributed by atoms with E-state index in [4.69, 9.17) is 16.3 Å². The van der Waals surface area contributed by atoms with Crippen LogP contribution in [0.1, 0.15) is 19.4 Å². The number of ketones is 1. The highest BCUT2D eigenvalue weighted by Gasteiger charge is 2.23. The van der Waals surface area contributed by atoms with Crippen molar-refractivity contribution in [1.82, 2.24) is 0 Å². The Morgan fingerprint density at radius 2 is 1.77 bits per heavy atom. The van der Waals surface area contributed by atoms with Gasteiger partial charge in [0.25, 0.3) is 5.91 Å². The number of ether oxygens (including phenoxy) is 1. The highest BCUT2D eigenvalue weighted by molar-refractivity contribution is 6.33. The number of nitrogens with zero attached hydrogens (tertiary/aromatic N) is 2. The van der Waals surface area contributed by atoms with Crippen LogP contribution in [-0.2, 0) is 25.5 Å². The summed E-state index contributed by atoms with van der Waals surface area (Å²) in [5.74, 6) is -1.49. The molecular formula is C22H22ClN3O4. The summed E-state index contributed by atoms with van der Waals surface area (Å²) in [5.41, 5.74) is 2.16. The number of hydrogen-bond donors (Lipinski definition) is 1. The molecule has 0 aliphatic carbocycles. The van der Waals surface area contributed by atoms with Gasteiger partial charge >= 0.3 is 5.97 Å². The van der Waals surface area contributed by atoms with Crippen LogP contribution in [0.4, 0.5) is 11.4 Å². The minimum Gasteiger partial charge on any atom is -0.462 e. The lowest BCUT2D eigenvalue weighted by molar-refractivity contribution is -0.138. The Morgan fingerprint density at radius 1 is 1.10 bits per heavy atom. The number of esters is 1. The van der Waals surface area contributed by atoms with Crippen molar-refractivity contribution in [3.8, 4) is 0 Å². The fourth-order valence-electron chi connectivity index (χ4n) is 2.32. The van der Waals surface area contributed by atoms with Gasteiger partial charge in [-0.05, 0) is 43.7 Å². The third kappa shape index (κ3) is 6.93. The van der Waals surface area contributed by atoms with Crippen molar-refractivity contribution < 1.29 is 19.1 Å². The molecule has 0 radical (unpaired) electrons. The first-order valence-corrected chi connectivity index (χ1v) is 9.54. The molecule has 1 N–H and O–H groups in total. The second-order valence-corrected chi connectivity index (χ2v) is 6.94. The van der Waals surface area contributed by atoms with E-state index in [2.05, 4.69) is 22.1 Å². The number of para-hydroxylation sites is 1. The molecule has 1 unspecified atom stereocenters. The van der Waals surface area contributed by atoms with Crippen LogP contribution in [0.5, 0.6) is 0 Å². The molecule has 2 aromatic carbocycles. The summed E-state index contributed by atoms with van der Waals surface area (Å²) in [5, 5.41) is 10.8. The van der Waals surface area contributed by atoms with Crippen molar-refractivity contribution in [3.63, 3.8) is 0 Å². The number of carbonyl (C=O) groups excluding carboxylic acids is 3. The summed E-state index contributed by atoms with van der Waals surface area (Å²) in [6.07, 6.45) is 0.534. The van der Waals surface area contributed by atoms with E-state index in [-0.39, 0.29) is 6.61 Å². The van der Waals surface area contributed by atoms with E-state index in [0.717, 1.165) is 5.56 Å². The SMILES string of the molecule is C=C(C)C(=O)OCCc1ccc(N=NC(C(C)=O)C(=O)Nc2ccccc2Cl)cc1. The standard InChI is InChI=1S/C22H22ClN3O4/c1-14(2)22(29)30-13-12-16-8-10-17(11-9-16)25-26-20(15(3)27)21(28)24-19-7-5-4-6-18(19)23/h4-11,20H,1,12-13H2,2-3H3,(H,24,28). The molecule has 2 aromatic rings. The average Bonchev–Trinajstić information content (AvgIpc) is 2.70. The maximum Gasteiger partial charge on any atom is 0.333 e. The fraction of sp³-hybridized carbons (Fsp3) is 0.227. The Bertz CT molecular complexity index is 971. The molecule has 0 fully saturated rings. The molecule has 0 saturated heterocycles. The summed E-state index contributed by atoms with van der Waals surface area (Å²) in [7, 11) is 0. The van der Waals surface area contributed by atoms with Crippen molar-refractivity contribution >= 4 is 40.6 Å². The second-order valence-electron chi connectivity index (χ2n) is 6.53. The Labute approximate surface area is 179 Å². The van der Waals surface area contributed by atoms with Crippen LogP contribution >= 0.6 is 11.6 Å². The van der Waals surface area contributed by atoms with Gasteiger partial charge in [-0.2, -0.15) is 10.2 Å².